The quantitative estimate of drug-likeness (QED) is 0.881. The first kappa shape index (κ1) is 14.1. The molecule has 0 atom stereocenters. The first-order chi connectivity index (χ1) is 9.50. The molecular weight excluding hydrogens is 254 g/mol. The number of rotatable bonds is 3. The maximum Gasteiger partial charge on any atom is 0.249 e. The summed E-state index contributed by atoms with van der Waals surface area (Å²) in [6.07, 6.45) is 2.95. The van der Waals surface area contributed by atoms with Crippen LogP contribution in [0.1, 0.15) is 41.6 Å². The van der Waals surface area contributed by atoms with Crippen LogP contribution < -0.4 is 11.1 Å². The predicted octanol–water partition coefficient (Wildman–Crippen LogP) is 2.12. The number of anilines is 1. The van der Waals surface area contributed by atoms with Gasteiger partial charge in [0.15, 0.2) is 0 Å². The lowest BCUT2D eigenvalue weighted by molar-refractivity contribution is -0.122. The molecule has 5 heteroatoms. The fraction of sp³-hybridized carbons (Fsp3) is 0.400. The van der Waals surface area contributed by atoms with E-state index in [1.54, 1.807) is 25.1 Å². The number of hydrogen-bond acceptors (Lipinski definition) is 3. The van der Waals surface area contributed by atoms with Gasteiger partial charge >= 0.3 is 0 Å². The van der Waals surface area contributed by atoms with Crippen LogP contribution in [0.3, 0.4) is 0 Å². The van der Waals surface area contributed by atoms with Gasteiger partial charge in [-0.25, -0.2) is 0 Å². The van der Waals surface area contributed by atoms with Crippen LogP contribution in [0.2, 0.25) is 0 Å². The van der Waals surface area contributed by atoms with E-state index in [2.05, 4.69) is 11.4 Å². The molecule has 1 aromatic rings. The number of carbonyl (C=O) groups is 2. The minimum atomic E-state index is -0.935. The van der Waals surface area contributed by atoms with Crippen LogP contribution in [0.15, 0.2) is 18.2 Å². The highest BCUT2D eigenvalue weighted by Gasteiger charge is 2.41. The van der Waals surface area contributed by atoms with Crippen molar-refractivity contribution in [3.05, 3.63) is 29.3 Å². The zero-order chi connectivity index (χ0) is 14.8. The summed E-state index contributed by atoms with van der Waals surface area (Å²) in [5, 5.41) is 12.1. The Kier molecular flexibility index (Phi) is 3.75. The Morgan fingerprint density at radius 2 is 2.00 bits per heavy atom. The topological polar surface area (TPSA) is 96.0 Å². The Balaban J connectivity index is 2.27. The van der Waals surface area contributed by atoms with E-state index in [0.29, 0.717) is 29.7 Å². The molecule has 3 N–H and O–H groups in total. The lowest BCUT2D eigenvalue weighted by atomic mass is 9.87. The number of carbonyl (C=O) groups excluding carboxylic acids is 2. The van der Waals surface area contributed by atoms with Crippen molar-refractivity contribution in [2.24, 2.45) is 11.1 Å². The zero-order valence-corrected chi connectivity index (χ0v) is 11.4. The molecule has 1 aliphatic carbocycles. The summed E-state index contributed by atoms with van der Waals surface area (Å²) in [7, 11) is 0. The van der Waals surface area contributed by atoms with Gasteiger partial charge < -0.3 is 11.1 Å². The average molecular weight is 271 g/mol. The van der Waals surface area contributed by atoms with Crippen LogP contribution >= 0.6 is 0 Å². The Bertz CT molecular complexity index is 596. The van der Waals surface area contributed by atoms with Crippen molar-refractivity contribution in [1.82, 2.24) is 0 Å². The third-order valence-corrected chi connectivity index (χ3v) is 3.95. The molecular formula is C15H17N3O2. The average Bonchev–Trinajstić information content (AvgIpc) is 2.90. The molecule has 0 radical (unpaired) electrons. The maximum atomic E-state index is 12.4. The lowest BCUT2D eigenvalue weighted by Gasteiger charge is -2.20. The van der Waals surface area contributed by atoms with Crippen LogP contribution in [0.25, 0.3) is 0 Å². The van der Waals surface area contributed by atoms with E-state index in [1.807, 2.05) is 0 Å². The SMILES string of the molecule is Cc1c(NC(=O)C2(C#N)CCCC2)cccc1C(N)=O. The van der Waals surface area contributed by atoms with Crippen LogP contribution in [-0.4, -0.2) is 11.8 Å². The summed E-state index contributed by atoms with van der Waals surface area (Å²) < 4.78 is 0. The van der Waals surface area contributed by atoms with E-state index in [-0.39, 0.29) is 5.91 Å². The fourth-order valence-corrected chi connectivity index (χ4v) is 2.65. The van der Waals surface area contributed by atoms with Crippen molar-refractivity contribution >= 4 is 17.5 Å². The Labute approximate surface area is 117 Å². The number of primary amides is 1. The number of hydrogen-bond donors (Lipinski definition) is 2. The molecule has 1 aromatic carbocycles. The van der Waals surface area contributed by atoms with Crippen molar-refractivity contribution in [1.29, 1.82) is 5.26 Å². The molecule has 1 saturated carbocycles. The minimum absolute atomic E-state index is 0.290. The molecule has 0 saturated heterocycles. The lowest BCUT2D eigenvalue weighted by Crippen LogP contribution is -2.32. The molecule has 2 amide bonds. The summed E-state index contributed by atoms with van der Waals surface area (Å²) in [5.74, 6) is -0.823. The van der Waals surface area contributed by atoms with E-state index in [1.165, 1.54) is 0 Å². The second-order valence-electron chi connectivity index (χ2n) is 5.20. The van der Waals surface area contributed by atoms with Gasteiger partial charge in [-0.15, -0.1) is 0 Å². The molecule has 1 aliphatic rings. The van der Waals surface area contributed by atoms with Crippen molar-refractivity contribution < 1.29 is 9.59 Å². The number of nitrogens with zero attached hydrogens (tertiary/aromatic N) is 1. The van der Waals surface area contributed by atoms with Crippen LogP contribution in [0.4, 0.5) is 5.69 Å². The van der Waals surface area contributed by atoms with Gasteiger partial charge in [0.05, 0.1) is 6.07 Å². The molecule has 0 aliphatic heterocycles. The third kappa shape index (κ3) is 2.37. The van der Waals surface area contributed by atoms with Gasteiger partial charge in [-0.1, -0.05) is 18.9 Å². The van der Waals surface area contributed by atoms with Gasteiger partial charge in [0.2, 0.25) is 11.8 Å². The highest BCUT2D eigenvalue weighted by molar-refractivity contribution is 6.01. The molecule has 0 bridgehead atoms. The zero-order valence-electron chi connectivity index (χ0n) is 11.4. The summed E-state index contributed by atoms with van der Waals surface area (Å²) >= 11 is 0. The van der Waals surface area contributed by atoms with Gasteiger partial charge in [0.1, 0.15) is 5.41 Å². The van der Waals surface area contributed by atoms with Crippen LogP contribution in [0.5, 0.6) is 0 Å². The second-order valence-corrected chi connectivity index (χ2v) is 5.20. The van der Waals surface area contributed by atoms with Crippen molar-refractivity contribution in [2.45, 2.75) is 32.6 Å². The number of nitrogens with two attached hydrogens (primary N) is 1. The largest absolute Gasteiger partial charge is 0.366 e. The number of benzene rings is 1. The number of amides is 2. The highest BCUT2D eigenvalue weighted by Crippen LogP contribution is 2.38. The smallest absolute Gasteiger partial charge is 0.249 e. The fourth-order valence-electron chi connectivity index (χ4n) is 2.65. The van der Waals surface area contributed by atoms with Gasteiger partial charge in [0.25, 0.3) is 0 Å². The van der Waals surface area contributed by atoms with Crippen molar-refractivity contribution in [2.75, 3.05) is 5.32 Å². The molecule has 5 nitrogen and oxygen atoms in total. The Hall–Kier alpha value is -2.35. The summed E-state index contributed by atoms with van der Waals surface area (Å²) in [6.45, 7) is 1.73. The molecule has 0 heterocycles. The Morgan fingerprint density at radius 3 is 2.55 bits per heavy atom. The van der Waals surface area contributed by atoms with Gasteiger partial charge in [0, 0.05) is 11.3 Å². The van der Waals surface area contributed by atoms with E-state index in [0.717, 1.165) is 12.8 Å². The van der Waals surface area contributed by atoms with Gasteiger partial charge in [-0.2, -0.15) is 5.26 Å². The maximum absolute atomic E-state index is 12.4. The summed E-state index contributed by atoms with van der Waals surface area (Å²) in [5.41, 5.74) is 5.88. The second kappa shape index (κ2) is 5.33. The van der Waals surface area contributed by atoms with E-state index in [9.17, 15) is 14.9 Å². The van der Waals surface area contributed by atoms with E-state index < -0.39 is 11.3 Å². The summed E-state index contributed by atoms with van der Waals surface area (Å²) in [4.78, 5) is 23.6. The monoisotopic (exact) mass is 271 g/mol. The molecule has 2 rings (SSSR count). The summed E-state index contributed by atoms with van der Waals surface area (Å²) in [6, 6.07) is 7.14. The molecule has 1 fully saturated rings. The van der Waals surface area contributed by atoms with Crippen LogP contribution in [-0.2, 0) is 4.79 Å². The first-order valence-electron chi connectivity index (χ1n) is 6.62. The third-order valence-electron chi connectivity index (χ3n) is 3.95. The molecule has 0 spiro atoms. The Morgan fingerprint density at radius 1 is 1.35 bits per heavy atom. The van der Waals surface area contributed by atoms with Crippen molar-refractivity contribution in [3.8, 4) is 6.07 Å². The van der Waals surface area contributed by atoms with Crippen molar-refractivity contribution in [3.63, 3.8) is 0 Å². The van der Waals surface area contributed by atoms with Crippen LogP contribution in [0, 0.1) is 23.7 Å². The standard InChI is InChI=1S/C15H17N3O2/c1-10-11(13(17)19)5-4-6-12(10)18-14(20)15(9-16)7-2-3-8-15/h4-6H,2-3,7-8H2,1H3,(H2,17,19)(H,18,20). The molecule has 104 valence electrons. The van der Waals surface area contributed by atoms with Gasteiger partial charge in [-0.3, -0.25) is 9.59 Å². The molecule has 0 unspecified atom stereocenters. The molecule has 20 heavy (non-hydrogen) atoms. The van der Waals surface area contributed by atoms with Gasteiger partial charge in [-0.05, 0) is 37.5 Å². The minimum Gasteiger partial charge on any atom is -0.366 e. The normalized spacial score (nSPS) is 16.4. The molecule has 0 aromatic heterocycles. The van der Waals surface area contributed by atoms with E-state index >= 15 is 0 Å². The number of nitriles is 1. The predicted molar refractivity (Wildman–Crippen MR) is 74.8 cm³/mol. The van der Waals surface area contributed by atoms with E-state index in [4.69, 9.17) is 5.73 Å². The highest BCUT2D eigenvalue weighted by atomic mass is 16.2. The first-order valence-corrected chi connectivity index (χ1v) is 6.62. The number of nitrogens with one attached hydrogen (secondary N) is 1.